The molecule has 0 saturated carbocycles. The molecule has 0 fully saturated rings. The van der Waals surface area contributed by atoms with Crippen LogP contribution in [0.2, 0.25) is 0 Å². The van der Waals surface area contributed by atoms with Crippen LogP contribution in [-0.4, -0.2) is 14.7 Å². The van der Waals surface area contributed by atoms with Crippen molar-refractivity contribution in [3.8, 4) is 0 Å². The Balaban J connectivity index is 2.11. The SMILES string of the molecule is O=c1c(Br)c(Br)cnn1CCc1ccc([N+](=O)[O-])cc1. The Labute approximate surface area is 130 Å². The highest BCUT2D eigenvalue weighted by atomic mass is 79.9. The predicted molar refractivity (Wildman–Crippen MR) is 80.7 cm³/mol. The predicted octanol–water partition coefficient (Wildman–Crippen LogP) is 2.92. The molecule has 1 aromatic heterocycles. The average molecular weight is 403 g/mol. The number of benzene rings is 1. The lowest BCUT2D eigenvalue weighted by Gasteiger charge is -2.05. The van der Waals surface area contributed by atoms with Gasteiger partial charge in [-0.1, -0.05) is 12.1 Å². The average Bonchev–Trinajstić information content (AvgIpc) is 2.44. The summed E-state index contributed by atoms with van der Waals surface area (Å²) in [5.41, 5.74) is 0.736. The summed E-state index contributed by atoms with van der Waals surface area (Å²) in [7, 11) is 0. The van der Waals surface area contributed by atoms with Crippen LogP contribution in [0.25, 0.3) is 0 Å². The van der Waals surface area contributed by atoms with Crippen molar-refractivity contribution in [3.63, 3.8) is 0 Å². The van der Waals surface area contributed by atoms with E-state index in [2.05, 4.69) is 37.0 Å². The topological polar surface area (TPSA) is 78.0 Å². The zero-order chi connectivity index (χ0) is 14.7. The molecule has 0 radical (unpaired) electrons. The number of hydrogen-bond acceptors (Lipinski definition) is 4. The molecule has 0 aliphatic carbocycles. The van der Waals surface area contributed by atoms with E-state index in [1.807, 2.05) is 0 Å². The Bertz CT molecular complexity index is 698. The van der Waals surface area contributed by atoms with Crippen molar-refractivity contribution >= 4 is 37.5 Å². The van der Waals surface area contributed by atoms with Crippen LogP contribution in [-0.2, 0) is 13.0 Å². The Kier molecular flexibility index (Phi) is 4.66. The number of rotatable bonds is 4. The Morgan fingerprint density at radius 3 is 2.50 bits per heavy atom. The van der Waals surface area contributed by atoms with Gasteiger partial charge >= 0.3 is 0 Å². The molecule has 2 aromatic rings. The Morgan fingerprint density at radius 2 is 1.90 bits per heavy atom. The van der Waals surface area contributed by atoms with Gasteiger partial charge in [-0.3, -0.25) is 14.9 Å². The summed E-state index contributed by atoms with van der Waals surface area (Å²) in [5, 5.41) is 14.6. The first kappa shape index (κ1) is 14.9. The van der Waals surface area contributed by atoms with Crippen LogP contribution in [0.4, 0.5) is 5.69 Å². The third kappa shape index (κ3) is 3.31. The minimum atomic E-state index is -0.443. The zero-order valence-corrected chi connectivity index (χ0v) is 13.3. The van der Waals surface area contributed by atoms with E-state index in [0.29, 0.717) is 21.9 Å². The molecular formula is C12H9Br2N3O3. The second-order valence-corrected chi connectivity index (χ2v) is 5.66. The highest BCUT2D eigenvalue weighted by molar-refractivity contribution is 9.13. The first-order valence-corrected chi connectivity index (χ1v) is 7.22. The van der Waals surface area contributed by atoms with Crippen LogP contribution >= 0.6 is 31.9 Å². The number of nitro groups is 1. The smallest absolute Gasteiger partial charge is 0.266 e. The largest absolute Gasteiger partial charge is 0.282 e. The molecule has 0 amide bonds. The lowest BCUT2D eigenvalue weighted by Crippen LogP contribution is -2.24. The van der Waals surface area contributed by atoms with Gasteiger partial charge in [0, 0.05) is 18.7 Å². The molecule has 20 heavy (non-hydrogen) atoms. The number of nitrogens with zero attached hydrogens (tertiary/aromatic N) is 3. The van der Waals surface area contributed by atoms with Gasteiger partial charge < -0.3 is 0 Å². The molecule has 0 saturated heterocycles. The number of aryl methyl sites for hydroxylation is 2. The molecule has 2 rings (SSSR count). The van der Waals surface area contributed by atoms with Crippen molar-refractivity contribution in [1.82, 2.24) is 9.78 Å². The van der Waals surface area contributed by atoms with Crippen molar-refractivity contribution in [2.45, 2.75) is 13.0 Å². The van der Waals surface area contributed by atoms with Gasteiger partial charge in [0.25, 0.3) is 11.2 Å². The summed E-state index contributed by atoms with van der Waals surface area (Å²) >= 11 is 6.40. The van der Waals surface area contributed by atoms with Crippen LogP contribution in [0.5, 0.6) is 0 Å². The van der Waals surface area contributed by atoms with Gasteiger partial charge in [0.1, 0.15) is 4.47 Å². The van der Waals surface area contributed by atoms with Crippen LogP contribution in [0.15, 0.2) is 44.2 Å². The van der Waals surface area contributed by atoms with E-state index in [0.717, 1.165) is 5.56 Å². The third-order valence-electron chi connectivity index (χ3n) is 2.70. The number of hydrogen-bond donors (Lipinski definition) is 0. The molecule has 8 heteroatoms. The van der Waals surface area contributed by atoms with E-state index in [1.54, 1.807) is 18.3 Å². The second-order valence-electron chi connectivity index (χ2n) is 4.01. The molecular weight excluding hydrogens is 394 g/mol. The number of aromatic nitrogens is 2. The maximum absolute atomic E-state index is 11.9. The summed E-state index contributed by atoms with van der Waals surface area (Å²) in [4.78, 5) is 22.0. The minimum absolute atomic E-state index is 0.0513. The standard InChI is InChI=1S/C12H9Br2N3O3/c13-10-7-15-16(12(18)11(10)14)6-5-8-1-3-9(4-2-8)17(19)20/h1-4,7H,5-6H2. The highest BCUT2D eigenvalue weighted by Gasteiger charge is 2.07. The number of halogens is 2. The molecule has 0 bridgehead atoms. The Morgan fingerprint density at radius 1 is 1.25 bits per heavy atom. The van der Waals surface area contributed by atoms with Crippen molar-refractivity contribution in [1.29, 1.82) is 0 Å². The fourth-order valence-corrected chi connectivity index (χ4v) is 2.19. The van der Waals surface area contributed by atoms with E-state index in [4.69, 9.17) is 0 Å². The summed E-state index contributed by atoms with van der Waals surface area (Å²) < 4.78 is 2.38. The molecule has 6 nitrogen and oxygen atoms in total. The van der Waals surface area contributed by atoms with Gasteiger partial charge in [-0.15, -0.1) is 0 Å². The van der Waals surface area contributed by atoms with Gasteiger partial charge in [-0.25, -0.2) is 4.68 Å². The molecule has 0 spiro atoms. The summed E-state index contributed by atoms with van der Waals surface area (Å²) in [6, 6.07) is 6.25. The quantitative estimate of drug-likeness (QED) is 0.581. The normalized spacial score (nSPS) is 10.5. The van der Waals surface area contributed by atoms with Crippen LogP contribution < -0.4 is 5.56 Å². The summed E-state index contributed by atoms with van der Waals surface area (Å²) in [5.74, 6) is 0. The van der Waals surface area contributed by atoms with Gasteiger partial charge in [-0.2, -0.15) is 5.10 Å². The van der Waals surface area contributed by atoms with Crippen molar-refractivity contribution in [3.05, 3.63) is 65.4 Å². The first-order chi connectivity index (χ1) is 9.49. The molecule has 1 aromatic carbocycles. The lowest BCUT2D eigenvalue weighted by molar-refractivity contribution is -0.384. The fourth-order valence-electron chi connectivity index (χ4n) is 1.62. The van der Waals surface area contributed by atoms with Crippen molar-refractivity contribution < 1.29 is 4.92 Å². The van der Waals surface area contributed by atoms with Crippen LogP contribution in [0.1, 0.15) is 5.56 Å². The van der Waals surface area contributed by atoms with E-state index < -0.39 is 4.92 Å². The zero-order valence-electron chi connectivity index (χ0n) is 10.1. The van der Waals surface area contributed by atoms with E-state index in [-0.39, 0.29) is 11.2 Å². The van der Waals surface area contributed by atoms with E-state index in [1.165, 1.54) is 16.8 Å². The minimum Gasteiger partial charge on any atom is -0.266 e. The molecule has 104 valence electrons. The molecule has 1 heterocycles. The first-order valence-electron chi connectivity index (χ1n) is 5.63. The van der Waals surface area contributed by atoms with E-state index in [9.17, 15) is 14.9 Å². The summed E-state index contributed by atoms with van der Waals surface area (Å²) in [6.45, 7) is 0.405. The lowest BCUT2D eigenvalue weighted by atomic mass is 10.1. The van der Waals surface area contributed by atoms with Gasteiger partial charge in [0.15, 0.2) is 0 Å². The number of nitro benzene ring substituents is 1. The monoisotopic (exact) mass is 401 g/mol. The third-order valence-corrected chi connectivity index (χ3v) is 4.60. The van der Waals surface area contributed by atoms with Gasteiger partial charge in [0.2, 0.25) is 0 Å². The van der Waals surface area contributed by atoms with Crippen molar-refractivity contribution in [2.75, 3.05) is 0 Å². The Hall–Kier alpha value is -1.54. The number of non-ortho nitro benzene ring substituents is 1. The molecule has 0 atom stereocenters. The summed E-state index contributed by atoms with van der Waals surface area (Å²) in [6.07, 6.45) is 2.11. The maximum Gasteiger partial charge on any atom is 0.282 e. The van der Waals surface area contributed by atoms with E-state index >= 15 is 0 Å². The van der Waals surface area contributed by atoms with Crippen LogP contribution in [0, 0.1) is 10.1 Å². The molecule has 0 N–H and O–H groups in total. The maximum atomic E-state index is 11.9. The fraction of sp³-hybridized carbons (Fsp3) is 0.167. The second kappa shape index (κ2) is 6.27. The van der Waals surface area contributed by atoms with Gasteiger partial charge in [0.05, 0.1) is 15.6 Å². The molecule has 0 aliphatic heterocycles. The van der Waals surface area contributed by atoms with Crippen LogP contribution in [0.3, 0.4) is 0 Å². The molecule has 0 unspecified atom stereocenters. The van der Waals surface area contributed by atoms with Crippen molar-refractivity contribution in [2.24, 2.45) is 0 Å². The highest BCUT2D eigenvalue weighted by Crippen LogP contribution is 2.17. The molecule has 0 aliphatic rings. The van der Waals surface area contributed by atoms with Gasteiger partial charge in [-0.05, 0) is 43.8 Å².